The number of aryl methyl sites for hydroxylation is 1. The highest BCUT2D eigenvalue weighted by molar-refractivity contribution is 9.10. The molecule has 0 saturated carbocycles. The Kier molecular flexibility index (Phi) is 5.66. The van der Waals surface area contributed by atoms with E-state index in [1.165, 1.54) is 0 Å². The predicted molar refractivity (Wildman–Crippen MR) is 85.3 cm³/mol. The lowest BCUT2D eigenvalue weighted by molar-refractivity contribution is -0.130. The van der Waals surface area contributed by atoms with Crippen molar-refractivity contribution >= 4 is 21.8 Å². The summed E-state index contributed by atoms with van der Waals surface area (Å²) in [6, 6.07) is 11.0. The normalized spacial score (nSPS) is 10.5. The number of carbonyl (C=O) groups is 1. The van der Waals surface area contributed by atoms with Crippen LogP contribution in [0.15, 0.2) is 46.9 Å². The number of benzene rings is 2. The monoisotopic (exact) mass is 367 g/mol. The van der Waals surface area contributed by atoms with Crippen LogP contribution in [-0.2, 0) is 17.8 Å². The first-order valence-electron chi connectivity index (χ1n) is 6.88. The Labute approximate surface area is 136 Å². The molecule has 2 nitrogen and oxygen atoms in total. The SMILES string of the molecule is CN(Cc1ccc(Br)cc1)C(=O)CCc1cc(F)ccc1F. The van der Waals surface area contributed by atoms with Gasteiger partial charge in [-0.1, -0.05) is 28.1 Å². The van der Waals surface area contributed by atoms with Crippen molar-refractivity contribution < 1.29 is 13.6 Å². The lowest BCUT2D eigenvalue weighted by Gasteiger charge is -2.17. The van der Waals surface area contributed by atoms with Crippen LogP contribution in [0.3, 0.4) is 0 Å². The molecule has 0 saturated heterocycles. The molecule has 116 valence electrons. The van der Waals surface area contributed by atoms with Crippen LogP contribution in [0.2, 0.25) is 0 Å². The van der Waals surface area contributed by atoms with Gasteiger partial charge in [0.2, 0.25) is 5.91 Å². The number of rotatable bonds is 5. The van der Waals surface area contributed by atoms with Crippen LogP contribution < -0.4 is 0 Å². The van der Waals surface area contributed by atoms with Crippen molar-refractivity contribution in [1.29, 1.82) is 0 Å². The Balaban J connectivity index is 1.91. The molecule has 0 aromatic heterocycles. The molecular weight excluding hydrogens is 352 g/mol. The maximum atomic E-state index is 13.5. The van der Waals surface area contributed by atoms with Crippen LogP contribution in [0.25, 0.3) is 0 Å². The molecule has 0 aliphatic carbocycles. The maximum absolute atomic E-state index is 13.5. The van der Waals surface area contributed by atoms with E-state index in [0.717, 1.165) is 28.2 Å². The number of nitrogens with zero attached hydrogens (tertiary/aromatic N) is 1. The van der Waals surface area contributed by atoms with Crippen molar-refractivity contribution in [1.82, 2.24) is 4.90 Å². The second kappa shape index (κ2) is 7.49. The minimum atomic E-state index is -0.493. The predicted octanol–water partition coefficient (Wildman–Crippen LogP) is 4.32. The fraction of sp³-hybridized carbons (Fsp3) is 0.235. The zero-order valence-electron chi connectivity index (χ0n) is 12.2. The van der Waals surface area contributed by atoms with Crippen molar-refractivity contribution in [3.8, 4) is 0 Å². The smallest absolute Gasteiger partial charge is 0.222 e. The summed E-state index contributed by atoms with van der Waals surface area (Å²) in [6.45, 7) is 0.484. The first-order valence-corrected chi connectivity index (χ1v) is 7.67. The van der Waals surface area contributed by atoms with E-state index in [9.17, 15) is 13.6 Å². The Morgan fingerprint density at radius 2 is 1.82 bits per heavy atom. The van der Waals surface area contributed by atoms with Gasteiger partial charge in [-0.2, -0.15) is 0 Å². The van der Waals surface area contributed by atoms with Gasteiger partial charge in [-0.25, -0.2) is 8.78 Å². The topological polar surface area (TPSA) is 20.3 Å². The van der Waals surface area contributed by atoms with Gasteiger partial charge >= 0.3 is 0 Å². The molecule has 0 aliphatic rings. The van der Waals surface area contributed by atoms with Crippen LogP contribution in [0.5, 0.6) is 0 Å². The molecule has 0 spiro atoms. The summed E-state index contributed by atoms with van der Waals surface area (Å²) in [6.07, 6.45) is 0.334. The van der Waals surface area contributed by atoms with Gasteiger partial charge in [-0.05, 0) is 47.9 Å². The van der Waals surface area contributed by atoms with Crippen molar-refractivity contribution in [3.63, 3.8) is 0 Å². The lowest BCUT2D eigenvalue weighted by atomic mass is 10.1. The zero-order chi connectivity index (χ0) is 16.1. The third-order valence-electron chi connectivity index (χ3n) is 3.37. The standard InChI is InChI=1S/C17H16BrF2NO/c1-21(11-12-2-5-14(18)6-3-12)17(22)9-4-13-10-15(19)7-8-16(13)20/h2-3,5-8,10H,4,9,11H2,1H3. The van der Waals surface area contributed by atoms with Gasteiger partial charge in [0.1, 0.15) is 11.6 Å². The summed E-state index contributed by atoms with van der Waals surface area (Å²) in [5.41, 5.74) is 1.24. The Morgan fingerprint density at radius 1 is 1.14 bits per heavy atom. The van der Waals surface area contributed by atoms with E-state index < -0.39 is 11.6 Å². The van der Waals surface area contributed by atoms with Gasteiger partial charge in [-0.3, -0.25) is 4.79 Å². The fourth-order valence-corrected chi connectivity index (χ4v) is 2.38. The minimum absolute atomic E-state index is 0.105. The van der Waals surface area contributed by atoms with Crippen molar-refractivity contribution in [2.45, 2.75) is 19.4 Å². The van der Waals surface area contributed by atoms with Crippen LogP contribution in [0, 0.1) is 11.6 Å². The molecule has 2 rings (SSSR count). The molecule has 5 heteroatoms. The summed E-state index contributed by atoms with van der Waals surface area (Å²) in [5.74, 6) is -1.08. The van der Waals surface area contributed by atoms with Crippen molar-refractivity contribution in [2.75, 3.05) is 7.05 Å². The highest BCUT2D eigenvalue weighted by Crippen LogP contribution is 2.14. The molecule has 0 N–H and O–H groups in total. The van der Waals surface area contributed by atoms with Crippen LogP contribution in [0.1, 0.15) is 17.5 Å². The summed E-state index contributed by atoms with van der Waals surface area (Å²) in [4.78, 5) is 13.7. The Morgan fingerprint density at radius 3 is 2.50 bits per heavy atom. The number of carbonyl (C=O) groups excluding carboxylic acids is 1. The van der Waals surface area contributed by atoms with E-state index in [4.69, 9.17) is 0 Å². The number of hydrogen-bond donors (Lipinski definition) is 0. The molecule has 1 amide bonds. The van der Waals surface area contributed by atoms with Crippen molar-refractivity contribution in [3.05, 3.63) is 69.7 Å². The molecule has 0 unspecified atom stereocenters. The number of amides is 1. The second-order valence-electron chi connectivity index (χ2n) is 5.11. The second-order valence-corrected chi connectivity index (χ2v) is 6.03. The van der Waals surface area contributed by atoms with E-state index >= 15 is 0 Å². The molecule has 0 bridgehead atoms. The van der Waals surface area contributed by atoms with Crippen LogP contribution in [-0.4, -0.2) is 17.9 Å². The molecule has 2 aromatic rings. The summed E-state index contributed by atoms with van der Waals surface area (Å²) in [7, 11) is 1.70. The average molecular weight is 368 g/mol. The molecule has 2 aromatic carbocycles. The zero-order valence-corrected chi connectivity index (χ0v) is 13.7. The molecule has 22 heavy (non-hydrogen) atoms. The van der Waals surface area contributed by atoms with Gasteiger partial charge in [0, 0.05) is 24.5 Å². The quantitative estimate of drug-likeness (QED) is 0.770. The van der Waals surface area contributed by atoms with Crippen LogP contribution in [0.4, 0.5) is 8.78 Å². The molecule has 0 aliphatic heterocycles. The highest BCUT2D eigenvalue weighted by atomic mass is 79.9. The fourth-order valence-electron chi connectivity index (χ4n) is 2.12. The third-order valence-corrected chi connectivity index (χ3v) is 3.90. The van der Waals surface area contributed by atoms with E-state index in [2.05, 4.69) is 15.9 Å². The Hall–Kier alpha value is -1.75. The van der Waals surface area contributed by atoms with E-state index in [1.54, 1.807) is 11.9 Å². The van der Waals surface area contributed by atoms with Gasteiger partial charge in [0.25, 0.3) is 0 Å². The first-order chi connectivity index (χ1) is 10.5. The average Bonchev–Trinajstić information content (AvgIpc) is 2.50. The highest BCUT2D eigenvalue weighted by Gasteiger charge is 2.11. The van der Waals surface area contributed by atoms with Gasteiger partial charge < -0.3 is 4.90 Å². The largest absolute Gasteiger partial charge is 0.341 e. The van der Waals surface area contributed by atoms with E-state index in [1.807, 2.05) is 24.3 Å². The van der Waals surface area contributed by atoms with Crippen molar-refractivity contribution in [2.24, 2.45) is 0 Å². The lowest BCUT2D eigenvalue weighted by Crippen LogP contribution is -2.26. The number of halogens is 3. The first kappa shape index (κ1) is 16.6. The van der Waals surface area contributed by atoms with Gasteiger partial charge in [0.05, 0.1) is 0 Å². The number of hydrogen-bond acceptors (Lipinski definition) is 1. The molecule has 0 atom stereocenters. The maximum Gasteiger partial charge on any atom is 0.222 e. The molecule has 0 heterocycles. The summed E-state index contributed by atoms with van der Waals surface area (Å²) in [5, 5.41) is 0. The third kappa shape index (κ3) is 4.63. The van der Waals surface area contributed by atoms with Gasteiger partial charge in [-0.15, -0.1) is 0 Å². The van der Waals surface area contributed by atoms with E-state index in [-0.39, 0.29) is 24.3 Å². The summed E-state index contributed by atoms with van der Waals surface area (Å²) >= 11 is 3.36. The van der Waals surface area contributed by atoms with Gasteiger partial charge in [0.15, 0.2) is 0 Å². The molecule has 0 radical (unpaired) electrons. The molecular formula is C17H16BrF2NO. The summed E-state index contributed by atoms with van der Waals surface area (Å²) < 4.78 is 27.6. The molecule has 0 fully saturated rings. The Bertz CT molecular complexity index is 658. The van der Waals surface area contributed by atoms with Crippen LogP contribution >= 0.6 is 15.9 Å². The minimum Gasteiger partial charge on any atom is -0.341 e. The van der Waals surface area contributed by atoms with E-state index in [0.29, 0.717) is 6.54 Å².